The molecule has 1 aliphatic rings. The number of rotatable bonds is 4. The van der Waals surface area contributed by atoms with Crippen LogP contribution in [0, 0.1) is 0 Å². The predicted molar refractivity (Wildman–Crippen MR) is 98.5 cm³/mol. The molecule has 1 atom stereocenters. The SMILES string of the molecule is C[C@H](c1ccccc1)[NH+]1CCN(S(=O)(=O)c2ccc(Br)cc2)CC1. The number of halogens is 1. The fourth-order valence-corrected chi connectivity index (χ4v) is 4.89. The van der Waals surface area contributed by atoms with Gasteiger partial charge in [-0.25, -0.2) is 8.42 Å². The molecule has 1 saturated heterocycles. The van der Waals surface area contributed by atoms with Crippen LogP contribution in [0.15, 0.2) is 64.0 Å². The quantitative estimate of drug-likeness (QED) is 0.839. The summed E-state index contributed by atoms with van der Waals surface area (Å²) in [6.45, 7) is 4.98. The third-order valence-electron chi connectivity index (χ3n) is 4.73. The van der Waals surface area contributed by atoms with Gasteiger partial charge in [-0.1, -0.05) is 46.3 Å². The number of benzene rings is 2. The molecule has 0 unspecified atom stereocenters. The van der Waals surface area contributed by atoms with E-state index >= 15 is 0 Å². The predicted octanol–water partition coefficient (Wildman–Crippen LogP) is 2.10. The van der Waals surface area contributed by atoms with Crippen LogP contribution in [0.3, 0.4) is 0 Å². The summed E-state index contributed by atoms with van der Waals surface area (Å²) < 4.78 is 28.0. The molecule has 0 aromatic heterocycles. The number of nitrogens with zero attached hydrogens (tertiary/aromatic N) is 1. The molecule has 0 amide bonds. The molecule has 0 saturated carbocycles. The van der Waals surface area contributed by atoms with Gasteiger partial charge in [0.2, 0.25) is 10.0 Å². The molecular formula is C18H22BrN2O2S+. The monoisotopic (exact) mass is 409 g/mol. The van der Waals surface area contributed by atoms with Gasteiger partial charge in [0.05, 0.1) is 31.1 Å². The fourth-order valence-electron chi connectivity index (χ4n) is 3.18. The molecule has 0 radical (unpaired) electrons. The number of piperazine rings is 1. The molecule has 3 rings (SSSR count). The van der Waals surface area contributed by atoms with Crippen molar-refractivity contribution in [3.63, 3.8) is 0 Å². The molecule has 1 fully saturated rings. The van der Waals surface area contributed by atoms with E-state index in [-0.39, 0.29) is 0 Å². The van der Waals surface area contributed by atoms with Crippen molar-refractivity contribution in [1.29, 1.82) is 0 Å². The highest BCUT2D eigenvalue weighted by Gasteiger charge is 2.32. The molecule has 1 heterocycles. The summed E-state index contributed by atoms with van der Waals surface area (Å²) in [6, 6.07) is 17.6. The topological polar surface area (TPSA) is 41.8 Å². The van der Waals surface area contributed by atoms with Crippen molar-refractivity contribution in [2.75, 3.05) is 26.2 Å². The maximum atomic E-state index is 12.7. The average Bonchev–Trinajstić information content (AvgIpc) is 2.62. The van der Waals surface area contributed by atoms with Crippen LogP contribution in [0.5, 0.6) is 0 Å². The van der Waals surface area contributed by atoms with Crippen molar-refractivity contribution >= 4 is 26.0 Å². The lowest BCUT2D eigenvalue weighted by Crippen LogP contribution is -3.14. The van der Waals surface area contributed by atoms with Crippen molar-refractivity contribution in [2.24, 2.45) is 0 Å². The minimum atomic E-state index is -3.39. The van der Waals surface area contributed by atoms with Crippen molar-refractivity contribution in [3.8, 4) is 0 Å². The molecule has 0 spiro atoms. The number of hydrogen-bond acceptors (Lipinski definition) is 2. The van der Waals surface area contributed by atoms with Crippen LogP contribution in [-0.2, 0) is 10.0 Å². The Kier molecular flexibility index (Phi) is 5.39. The van der Waals surface area contributed by atoms with Crippen LogP contribution in [0.25, 0.3) is 0 Å². The minimum Gasteiger partial charge on any atom is -0.327 e. The van der Waals surface area contributed by atoms with Gasteiger partial charge in [-0.3, -0.25) is 0 Å². The Morgan fingerprint density at radius 2 is 1.58 bits per heavy atom. The molecule has 128 valence electrons. The van der Waals surface area contributed by atoms with E-state index in [1.807, 2.05) is 6.07 Å². The molecule has 24 heavy (non-hydrogen) atoms. The van der Waals surface area contributed by atoms with Crippen molar-refractivity contribution in [3.05, 3.63) is 64.6 Å². The number of sulfonamides is 1. The molecule has 0 bridgehead atoms. The average molecular weight is 410 g/mol. The van der Waals surface area contributed by atoms with Crippen molar-refractivity contribution < 1.29 is 13.3 Å². The van der Waals surface area contributed by atoms with Crippen molar-refractivity contribution in [2.45, 2.75) is 17.9 Å². The van der Waals surface area contributed by atoms with Crippen LogP contribution in [0.2, 0.25) is 0 Å². The normalized spacial score (nSPS) is 18.4. The Hall–Kier alpha value is -1.21. The smallest absolute Gasteiger partial charge is 0.243 e. The van der Waals surface area contributed by atoms with E-state index in [1.165, 1.54) is 10.5 Å². The zero-order valence-corrected chi connectivity index (χ0v) is 16.1. The molecule has 6 heteroatoms. The second-order valence-corrected chi connectivity index (χ2v) is 9.00. The maximum absolute atomic E-state index is 12.7. The standard InChI is InChI=1S/C18H21BrN2O2S/c1-15(16-5-3-2-4-6-16)20-11-13-21(14-12-20)24(22,23)18-9-7-17(19)8-10-18/h2-10,15H,11-14H2,1H3/p+1/t15-/m1/s1. The summed E-state index contributed by atoms with van der Waals surface area (Å²) in [4.78, 5) is 1.80. The highest BCUT2D eigenvalue weighted by Crippen LogP contribution is 2.19. The largest absolute Gasteiger partial charge is 0.327 e. The summed E-state index contributed by atoms with van der Waals surface area (Å²) in [5, 5.41) is 0. The number of quaternary nitrogens is 1. The Morgan fingerprint density at radius 3 is 2.17 bits per heavy atom. The van der Waals surface area contributed by atoms with Crippen molar-refractivity contribution in [1.82, 2.24) is 4.31 Å². The highest BCUT2D eigenvalue weighted by molar-refractivity contribution is 9.10. The summed E-state index contributed by atoms with van der Waals surface area (Å²) in [6.07, 6.45) is 0. The molecule has 0 aliphatic carbocycles. The zero-order chi connectivity index (χ0) is 17.2. The van der Waals surface area contributed by atoms with Gasteiger partial charge in [0.25, 0.3) is 0 Å². The summed E-state index contributed by atoms with van der Waals surface area (Å²) >= 11 is 3.34. The van der Waals surface area contributed by atoms with Crippen LogP contribution in [0.4, 0.5) is 0 Å². The second-order valence-electron chi connectivity index (χ2n) is 6.15. The minimum absolute atomic E-state index is 0.366. The first kappa shape index (κ1) is 17.6. The van der Waals surface area contributed by atoms with Gasteiger partial charge in [0.15, 0.2) is 0 Å². The summed E-state index contributed by atoms with van der Waals surface area (Å²) in [7, 11) is -3.39. The van der Waals surface area contributed by atoms with E-state index in [0.717, 1.165) is 17.6 Å². The number of nitrogens with one attached hydrogen (secondary N) is 1. The van der Waals surface area contributed by atoms with E-state index in [2.05, 4.69) is 47.1 Å². The van der Waals surface area contributed by atoms with Crippen LogP contribution < -0.4 is 4.90 Å². The van der Waals surface area contributed by atoms with E-state index in [1.54, 1.807) is 28.6 Å². The van der Waals surface area contributed by atoms with Gasteiger partial charge >= 0.3 is 0 Å². The van der Waals surface area contributed by atoms with Gasteiger partial charge < -0.3 is 4.90 Å². The summed E-state index contributed by atoms with van der Waals surface area (Å²) in [5.74, 6) is 0. The van der Waals surface area contributed by atoms with Crippen LogP contribution in [-0.4, -0.2) is 38.9 Å². The first-order valence-electron chi connectivity index (χ1n) is 8.14. The fraction of sp³-hybridized carbons (Fsp3) is 0.333. The first-order chi connectivity index (χ1) is 11.5. The molecule has 1 aliphatic heterocycles. The molecule has 1 N–H and O–H groups in total. The lowest BCUT2D eigenvalue weighted by Gasteiger charge is -2.35. The van der Waals surface area contributed by atoms with Gasteiger partial charge in [-0.05, 0) is 31.2 Å². The van der Waals surface area contributed by atoms with Gasteiger partial charge in [0, 0.05) is 10.0 Å². The van der Waals surface area contributed by atoms with Gasteiger partial charge in [-0.2, -0.15) is 4.31 Å². The lowest BCUT2D eigenvalue weighted by atomic mass is 10.1. The zero-order valence-electron chi connectivity index (χ0n) is 13.7. The Labute approximate surface area is 152 Å². The number of hydrogen-bond donors (Lipinski definition) is 1. The van der Waals surface area contributed by atoms with E-state index in [9.17, 15) is 8.42 Å². The Bertz CT molecular complexity index is 770. The summed E-state index contributed by atoms with van der Waals surface area (Å²) in [5.41, 5.74) is 1.30. The maximum Gasteiger partial charge on any atom is 0.243 e. The molecule has 4 nitrogen and oxygen atoms in total. The van der Waals surface area contributed by atoms with Crippen LogP contribution in [0.1, 0.15) is 18.5 Å². The Balaban J connectivity index is 1.67. The molecule has 2 aromatic carbocycles. The lowest BCUT2D eigenvalue weighted by molar-refractivity contribution is -0.933. The van der Waals surface area contributed by atoms with Gasteiger partial charge in [-0.15, -0.1) is 0 Å². The highest BCUT2D eigenvalue weighted by atomic mass is 79.9. The van der Waals surface area contributed by atoms with Gasteiger partial charge in [0.1, 0.15) is 6.04 Å². The third kappa shape index (κ3) is 3.72. The van der Waals surface area contributed by atoms with E-state index in [0.29, 0.717) is 24.0 Å². The third-order valence-corrected chi connectivity index (χ3v) is 7.17. The molecular weight excluding hydrogens is 388 g/mol. The molecule has 2 aromatic rings. The van der Waals surface area contributed by atoms with Crippen LogP contribution >= 0.6 is 15.9 Å². The van der Waals surface area contributed by atoms with E-state index < -0.39 is 10.0 Å². The van der Waals surface area contributed by atoms with E-state index in [4.69, 9.17) is 0 Å². The Morgan fingerprint density at radius 1 is 1.00 bits per heavy atom. The first-order valence-corrected chi connectivity index (χ1v) is 10.4. The second kappa shape index (κ2) is 7.35.